The molecule has 2 fully saturated rings. The van der Waals surface area contributed by atoms with Gasteiger partial charge in [0.2, 0.25) is 15.9 Å². The van der Waals surface area contributed by atoms with Crippen LogP contribution in [0.3, 0.4) is 0 Å². The van der Waals surface area contributed by atoms with Gasteiger partial charge in [0, 0.05) is 31.6 Å². The van der Waals surface area contributed by atoms with Crippen molar-refractivity contribution in [3.63, 3.8) is 0 Å². The van der Waals surface area contributed by atoms with Crippen molar-refractivity contribution in [2.24, 2.45) is 17.8 Å². The van der Waals surface area contributed by atoms with Gasteiger partial charge in [-0.2, -0.15) is 4.31 Å². The van der Waals surface area contributed by atoms with Crippen molar-refractivity contribution in [3.05, 3.63) is 29.3 Å². The van der Waals surface area contributed by atoms with Gasteiger partial charge in [-0.1, -0.05) is 26.8 Å². The van der Waals surface area contributed by atoms with E-state index < -0.39 is 10.0 Å². The highest BCUT2D eigenvalue weighted by Gasteiger charge is 2.33. The van der Waals surface area contributed by atoms with E-state index in [1.807, 2.05) is 12.1 Å². The lowest BCUT2D eigenvalue weighted by atomic mass is 9.93. The highest BCUT2D eigenvalue weighted by atomic mass is 32.2. The number of aryl methyl sites for hydroxylation is 2. The lowest BCUT2D eigenvalue weighted by Gasteiger charge is -2.39. The van der Waals surface area contributed by atoms with Crippen LogP contribution in [-0.4, -0.2) is 62.3 Å². The maximum absolute atomic E-state index is 13.2. The number of rotatable bonds is 7. The Labute approximate surface area is 200 Å². The molecule has 2 saturated heterocycles. The van der Waals surface area contributed by atoms with Gasteiger partial charge in [-0.15, -0.1) is 0 Å². The molecule has 1 aromatic carbocycles. The molecule has 7 heteroatoms. The van der Waals surface area contributed by atoms with E-state index in [9.17, 15) is 13.2 Å². The number of hydrogen-bond donors (Lipinski definition) is 1. The third kappa shape index (κ3) is 5.63. The Morgan fingerprint density at radius 3 is 2.36 bits per heavy atom. The highest BCUT2D eigenvalue weighted by Crippen LogP contribution is 2.29. The molecule has 1 aliphatic carbocycles. The lowest BCUT2D eigenvalue weighted by Crippen LogP contribution is -2.51. The van der Waals surface area contributed by atoms with Gasteiger partial charge in [-0.3, -0.25) is 9.69 Å². The number of nitrogens with one attached hydrogen (secondary N) is 1. The van der Waals surface area contributed by atoms with E-state index in [-0.39, 0.29) is 11.8 Å². The van der Waals surface area contributed by atoms with Crippen molar-refractivity contribution in [2.45, 2.75) is 76.7 Å². The smallest absolute Gasteiger partial charge is 0.243 e. The van der Waals surface area contributed by atoms with Crippen LogP contribution in [-0.2, 0) is 27.7 Å². The molecule has 3 aliphatic rings. The van der Waals surface area contributed by atoms with E-state index in [0.29, 0.717) is 49.3 Å². The van der Waals surface area contributed by atoms with Crippen molar-refractivity contribution in [1.29, 1.82) is 0 Å². The summed E-state index contributed by atoms with van der Waals surface area (Å²) in [6.45, 7) is 10.5. The Balaban J connectivity index is 1.29. The van der Waals surface area contributed by atoms with E-state index in [2.05, 4.69) is 31.0 Å². The van der Waals surface area contributed by atoms with Gasteiger partial charge in [0.25, 0.3) is 0 Å². The Morgan fingerprint density at radius 1 is 1.03 bits per heavy atom. The maximum atomic E-state index is 13.2. The fourth-order valence-corrected chi connectivity index (χ4v) is 7.23. The van der Waals surface area contributed by atoms with Crippen LogP contribution in [0.2, 0.25) is 0 Å². The van der Waals surface area contributed by atoms with Crippen LogP contribution >= 0.6 is 0 Å². The van der Waals surface area contributed by atoms with Gasteiger partial charge in [-0.05, 0) is 93.1 Å². The summed E-state index contributed by atoms with van der Waals surface area (Å²) in [5.74, 6) is 1.26. The fourth-order valence-electron chi connectivity index (χ4n) is 5.71. The number of likely N-dealkylation sites (tertiary alicyclic amines) is 1. The number of benzene rings is 1. The van der Waals surface area contributed by atoms with Crippen molar-refractivity contribution in [1.82, 2.24) is 14.5 Å². The number of sulfonamides is 1. The summed E-state index contributed by atoms with van der Waals surface area (Å²) in [7, 11) is -3.49. The largest absolute Gasteiger partial charge is 0.354 e. The number of nitrogens with zero attached hydrogens (tertiary/aromatic N) is 2. The zero-order valence-corrected chi connectivity index (χ0v) is 21.4. The number of amides is 1. The van der Waals surface area contributed by atoms with Gasteiger partial charge in [-0.25, -0.2) is 8.42 Å². The molecule has 184 valence electrons. The molecular weight excluding hydrogens is 434 g/mol. The Kier molecular flexibility index (Phi) is 7.81. The first-order valence-corrected chi connectivity index (χ1v) is 14.3. The fraction of sp³-hybridized carbons (Fsp3) is 0.731. The molecule has 1 N–H and O–H groups in total. The second kappa shape index (κ2) is 10.4. The van der Waals surface area contributed by atoms with E-state index in [1.54, 1.807) is 10.4 Å². The van der Waals surface area contributed by atoms with Gasteiger partial charge < -0.3 is 5.32 Å². The van der Waals surface area contributed by atoms with Gasteiger partial charge in [0.15, 0.2) is 0 Å². The minimum Gasteiger partial charge on any atom is -0.354 e. The van der Waals surface area contributed by atoms with Crippen LogP contribution in [0.15, 0.2) is 23.1 Å². The number of fused-ring (bicyclic) bond motifs is 1. The molecule has 0 radical (unpaired) electrons. The SMILES string of the molecule is CC1CCN(C(CNC(=O)C2CCN(S(=O)(=O)c3ccc4c(c3)CCC4)CC2)C(C)C)CC1. The summed E-state index contributed by atoms with van der Waals surface area (Å²) >= 11 is 0. The van der Waals surface area contributed by atoms with Crippen molar-refractivity contribution in [2.75, 3.05) is 32.7 Å². The van der Waals surface area contributed by atoms with Gasteiger partial charge >= 0.3 is 0 Å². The van der Waals surface area contributed by atoms with Crippen LogP contribution in [0.4, 0.5) is 0 Å². The Hall–Kier alpha value is -1.44. The number of carbonyl (C=O) groups is 1. The molecular formula is C26H41N3O3S. The van der Waals surface area contributed by atoms with Gasteiger partial charge in [0.1, 0.15) is 0 Å². The average Bonchev–Trinajstić information content (AvgIpc) is 3.28. The van der Waals surface area contributed by atoms with Crippen LogP contribution < -0.4 is 5.32 Å². The summed E-state index contributed by atoms with van der Waals surface area (Å²) in [5, 5.41) is 3.21. The topological polar surface area (TPSA) is 69.7 Å². The number of carbonyl (C=O) groups excluding carboxylic acids is 1. The third-order valence-electron chi connectivity index (χ3n) is 8.07. The van der Waals surface area contributed by atoms with E-state index in [0.717, 1.165) is 38.3 Å². The van der Waals surface area contributed by atoms with Crippen LogP contribution in [0.5, 0.6) is 0 Å². The molecule has 4 rings (SSSR count). The average molecular weight is 476 g/mol. The summed E-state index contributed by atoms with van der Waals surface area (Å²) < 4.78 is 27.9. The molecule has 1 amide bonds. The predicted octanol–water partition coefficient (Wildman–Crippen LogP) is 3.45. The summed E-state index contributed by atoms with van der Waals surface area (Å²) in [6, 6.07) is 5.96. The summed E-state index contributed by atoms with van der Waals surface area (Å²) in [5.41, 5.74) is 2.45. The standard InChI is InChI=1S/C26H41N3O3S/c1-19(2)25(28-13-9-20(3)10-14-28)18-27-26(30)22-11-15-29(16-12-22)33(31,32)24-8-7-21-5-4-6-23(21)17-24/h7-8,17,19-20,22,25H,4-6,9-16,18H2,1-3H3,(H,27,30). The Morgan fingerprint density at radius 2 is 1.70 bits per heavy atom. The number of piperidine rings is 2. The normalized spacial score (nSPS) is 22.4. The molecule has 2 heterocycles. The number of hydrogen-bond acceptors (Lipinski definition) is 4. The first-order valence-electron chi connectivity index (χ1n) is 12.9. The molecule has 1 aromatic rings. The van der Waals surface area contributed by atoms with Crippen LogP contribution in [0.1, 0.15) is 64.0 Å². The highest BCUT2D eigenvalue weighted by molar-refractivity contribution is 7.89. The van der Waals surface area contributed by atoms with E-state index in [4.69, 9.17) is 0 Å². The molecule has 0 saturated carbocycles. The minimum absolute atomic E-state index is 0.0839. The molecule has 6 nitrogen and oxygen atoms in total. The second-order valence-corrected chi connectivity index (χ2v) is 12.7. The summed E-state index contributed by atoms with van der Waals surface area (Å²) in [6.07, 6.45) is 6.75. The zero-order chi connectivity index (χ0) is 23.6. The maximum Gasteiger partial charge on any atom is 0.243 e. The molecule has 0 bridgehead atoms. The van der Waals surface area contributed by atoms with Gasteiger partial charge in [0.05, 0.1) is 4.90 Å². The first kappa shape index (κ1) is 24.7. The van der Waals surface area contributed by atoms with Crippen LogP contribution in [0, 0.1) is 17.8 Å². The van der Waals surface area contributed by atoms with E-state index >= 15 is 0 Å². The molecule has 0 aromatic heterocycles. The molecule has 33 heavy (non-hydrogen) atoms. The summed E-state index contributed by atoms with van der Waals surface area (Å²) in [4.78, 5) is 15.9. The van der Waals surface area contributed by atoms with Crippen molar-refractivity contribution in [3.8, 4) is 0 Å². The van der Waals surface area contributed by atoms with Crippen molar-refractivity contribution >= 4 is 15.9 Å². The predicted molar refractivity (Wildman–Crippen MR) is 132 cm³/mol. The molecule has 1 unspecified atom stereocenters. The molecule has 2 aliphatic heterocycles. The zero-order valence-electron chi connectivity index (χ0n) is 20.6. The van der Waals surface area contributed by atoms with E-state index in [1.165, 1.54) is 24.0 Å². The lowest BCUT2D eigenvalue weighted by molar-refractivity contribution is -0.126. The molecule has 1 atom stereocenters. The minimum atomic E-state index is -3.49. The quantitative estimate of drug-likeness (QED) is 0.656. The molecule has 0 spiro atoms. The monoisotopic (exact) mass is 475 g/mol. The Bertz CT molecular complexity index is 930. The van der Waals surface area contributed by atoms with Crippen molar-refractivity contribution < 1.29 is 13.2 Å². The second-order valence-electron chi connectivity index (χ2n) is 10.7. The third-order valence-corrected chi connectivity index (χ3v) is 9.97. The first-order chi connectivity index (χ1) is 15.8. The van der Waals surface area contributed by atoms with Crippen LogP contribution in [0.25, 0.3) is 0 Å².